The van der Waals surface area contributed by atoms with E-state index in [0.29, 0.717) is 0 Å². The molecule has 2 N–H and O–H groups in total. The minimum atomic E-state index is -0.955. The van der Waals surface area contributed by atoms with E-state index in [1.807, 2.05) is 0 Å². The summed E-state index contributed by atoms with van der Waals surface area (Å²) < 4.78 is 15.5. The maximum atomic E-state index is 9.49. The number of hydrogen-bond donors (Lipinski definition) is 2. The molecular weight excluding hydrogens is 176 g/mol. The molecule has 2 aliphatic rings. The van der Waals surface area contributed by atoms with Gasteiger partial charge in [-0.15, -0.1) is 0 Å². The molecule has 0 aromatic heterocycles. The standard InChI is InChI=1S/C8H12O5/c1-2-5-12-7-6(10)4(9)3-11-8(7)13-5/h2,4-10H,1,3H2. The predicted molar refractivity (Wildman–Crippen MR) is 41.7 cm³/mol. The fourth-order valence-electron chi connectivity index (χ4n) is 1.46. The van der Waals surface area contributed by atoms with Crippen molar-refractivity contribution in [3.63, 3.8) is 0 Å². The van der Waals surface area contributed by atoms with Gasteiger partial charge in [-0.1, -0.05) is 6.58 Å². The fraction of sp³-hybridized carbons (Fsp3) is 0.750. The Morgan fingerprint density at radius 3 is 2.77 bits per heavy atom. The first-order valence-corrected chi connectivity index (χ1v) is 4.13. The lowest BCUT2D eigenvalue weighted by Crippen LogP contribution is -2.51. The largest absolute Gasteiger partial charge is 0.388 e. The molecule has 2 heterocycles. The first-order valence-electron chi connectivity index (χ1n) is 4.13. The van der Waals surface area contributed by atoms with Crippen molar-refractivity contribution >= 4 is 0 Å². The van der Waals surface area contributed by atoms with Gasteiger partial charge < -0.3 is 24.4 Å². The van der Waals surface area contributed by atoms with Gasteiger partial charge in [-0.25, -0.2) is 0 Å². The summed E-state index contributed by atoms with van der Waals surface area (Å²) in [5, 5.41) is 18.7. The molecule has 0 spiro atoms. The lowest BCUT2D eigenvalue weighted by atomic mass is 10.1. The molecule has 0 aliphatic carbocycles. The zero-order valence-corrected chi connectivity index (χ0v) is 7.00. The smallest absolute Gasteiger partial charge is 0.189 e. The minimum absolute atomic E-state index is 0.0650. The van der Waals surface area contributed by atoms with Crippen LogP contribution in [0.1, 0.15) is 0 Å². The van der Waals surface area contributed by atoms with E-state index in [1.165, 1.54) is 6.08 Å². The summed E-state index contributed by atoms with van der Waals surface area (Å²) in [4.78, 5) is 0. The normalized spacial score (nSPS) is 50.2. The second kappa shape index (κ2) is 3.36. The molecule has 0 aromatic carbocycles. The van der Waals surface area contributed by atoms with E-state index in [1.54, 1.807) is 0 Å². The van der Waals surface area contributed by atoms with E-state index in [0.717, 1.165) is 0 Å². The topological polar surface area (TPSA) is 68.2 Å². The van der Waals surface area contributed by atoms with Gasteiger partial charge in [-0.05, 0) is 6.08 Å². The van der Waals surface area contributed by atoms with Gasteiger partial charge >= 0.3 is 0 Å². The van der Waals surface area contributed by atoms with Crippen LogP contribution in [0.25, 0.3) is 0 Å². The highest BCUT2D eigenvalue weighted by Gasteiger charge is 2.46. The molecule has 5 atom stereocenters. The lowest BCUT2D eigenvalue weighted by molar-refractivity contribution is -0.210. The van der Waals surface area contributed by atoms with Crippen LogP contribution in [0.2, 0.25) is 0 Å². The van der Waals surface area contributed by atoms with Crippen LogP contribution in [0.4, 0.5) is 0 Å². The molecule has 0 amide bonds. The van der Waals surface area contributed by atoms with Gasteiger partial charge in [0.05, 0.1) is 6.61 Å². The fourth-order valence-corrected chi connectivity index (χ4v) is 1.46. The molecule has 74 valence electrons. The quantitative estimate of drug-likeness (QED) is 0.516. The Labute approximate surface area is 75.5 Å². The van der Waals surface area contributed by atoms with E-state index in [4.69, 9.17) is 14.2 Å². The maximum absolute atomic E-state index is 9.49. The Bertz CT molecular complexity index is 207. The van der Waals surface area contributed by atoms with Gasteiger partial charge in [0.25, 0.3) is 0 Å². The average Bonchev–Trinajstić information content (AvgIpc) is 2.55. The Balaban J connectivity index is 2.06. The van der Waals surface area contributed by atoms with Crippen LogP contribution in [0.5, 0.6) is 0 Å². The third-order valence-electron chi connectivity index (χ3n) is 2.18. The summed E-state index contributed by atoms with van der Waals surface area (Å²) in [6.07, 6.45) is -2.17. The van der Waals surface area contributed by atoms with E-state index in [-0.39, 0.29) is 6.61 Å². The Hall–Kier alpha value is -0.460. The first-order chi connectivity index (χ1) is 6.22. The van der Waals surface area contributed by atoms with Gasteiger partial charge in [0, 0.05) is 0 Å². The average molecular weight is 188 g/mol. The highest BCUT2D eigenvalue weighted by Crippen LogP contribution is 2.28. The van der Waals surface area contributed by atoms with Crippen LogP contribution in [-0.4, -0.2) is 47.7 Å². The van der Waals surface area contributed by atoms with Crippen molar-refractivity contribution in [1.82, 2.24) is 0 Å². The number of ether oxygens (including phenoxy) is 3. The van der Waals surface area contributed by atoms with Gasteiger partial charge in [-0.2, -0.15) is 0 Å². The molecule has 0 radical (unpaired) electrons. The molecule has 0 saturated carbocycles. The second-order valence-electron chi connectivity index (χ2n) is 3.10. The van der Waals surface area contributed by atoms with Gasteiger partial charge in [0.15, 0.2) is 12.6 Å². The van der Waals surface area contributed by atoms with Gasteiger partial charge in [0.1, 0.15) is 18.3 Å². The molecular formula is C8H12O5. The third kappa shape index (κ3) is 1.49. The summed E-state index contributed by atoms with van der Waals surface area (Å²) in [7, 11) is 0. The number of fused-ring (bicyclic) bond motifs is 1. The van der Waals surface area contributed by atoms with Crippen molar-refractivity contribution in [3.8, 4) is 0 Å². The predicted octanol–water partition coefficient (Wildman–Crippen LogP) is -1.01. The molecule has 0 aromatic rings. The number of aliphatic hydroxyl groups excluding tert-OH is 2. The zero-order chi connectivity index (χ0) is 9.42. The zero-order valence-electron chi connectivity index (χ0n) is 7.00. The summed E-state index contributed by atoms with van der Waals surface area (Å²) in [6, 6.07) is 0. The van der Waals surface area contributed by atoms with Crippen LogP contribution in [0.15, 0.2) is 12.7 Å². The summed E-state index contributed by atoms with van der Waals surface area (Å²) >= 11 is 0. The summed E-state index contributed by atoms with van der Waals surface area (Å²) in [5.41, 5.74) is 0. The van der Waals surface area contributed by atoms with Crippen molar-refractivity contribution < 1.29 is 24.4 Å². The van der Waals surface area contributed by atoms with Crippen molar-refractivity contribution in [2.75, 3.05) is 6.61 Å². The molecule has 5 unspecified atom stereocenters. The Kier molecular flexibility index (Phi) is 2.35. The number of rotatable bonds is 1. The van der Waals surface area contributed by atoms with E-state index in [2.05, 4.69) is 6.58 Å². The van der Waals surface area contributed by atoms with E-state index < -0.39 is 30.9 Å². The molecule has 2 rings (SSSR count). The van der Waals surface area contributed by atoms with Gasteiger partial charge in [-0.3, -0.25) is 0 Å². The highest BCUT2D eigenvalue weighted by molar-refractivity contribution is 4.90. The molecule has 5 heteroatoms. The van der Waals surface area contributed by atoms with Crippen molar-refractivity contribution in [1.29, 1.82) is 0 Å². The molecule has 13 heavy (non-hydrogen) atoms. The maximum Gasteiger partial charge on any atom is 0.189 e. The van der Waals surface area contributed by atoms with Crippen molar-refractivity contribution in [3.05, 3.63) is 12.7 Å². The van der Waals surface area contributed by atoms with E-state index >= 15 is 0 Å². The first kappa shape index (κ1) is 9.11. The van der Waals surface area contributed by atoms with Crippen LogP contribution < -0.4 is 0 Å². The van der Waals surface area contributed by atoms with Crippen LogP contribution in [0, 0.1) is 0 Å². The highest BCUT2D eigenvalue weighted by atomic mass is 16.8. The second-order valence-corrected chi connectivity index (χ2v) is 3.10. The minimum Gasteiger partial charge on any atom is -0.388 e. The number of hydrogen-bond acceptors (Lipinski definition) is 5. The van der Waals surface area contributed by atoms with Crippen molar-refractivity contribution in [2.45, 2.75) is 30.9 Å². The lowest BCUT2D eigenvalue weighted by Gasteiger charge is -2.31. The summed E-state index contributed by atoms with van der Waals surface area (Å²) in [6.45, 7) is 3.56. The third-order valence-corrected chi connectivity index (χ3v) is 2.18. The van der Waals surface area contributed by atoms with Crippen LogP contribution in [0.3, 0.4) is 0 Å². The SMILES string of the molecule is C=CC1OC2OCC(O)C(O)C2O1. The molecule has 2 saturated heterocycles. The molecule has 5 nitrogen and oxygen atoms in total. The Morgan fingerprint density at radius 2 is 2.08 bits per heavy atom. The molecule has 0 bridgehead atoms. The van der Waals surface area contributed by atoms with Crippen LogP contribution >= 0.6 is 0 Å². The molecule has 2 fully saturated rings. The van der Waals surface area contributed by atoms with Crippen LogP contribution in [-0.2, 0) is 14.2 Å². The van der Waals surface area contributed by atoms with Crippen molar-refractivity contribution in [2.24, 2.45) is 0 Å². The Morgan fingerprint density at radius 1 is 1.31 bits per heavy atom. The summed E-state index contributed by atoms with van der Waals surface area (Å²) in [5.74, 6) is 0. The molecule has 2 aliphatic heterocycles. The number of aliphatic hydroxyl groups is 2. The van der Waals surface area contributed by atoms with Gasteiger partial charge in [0.2, 0.25) is 0 Å². The van der Waals surface area contributed by atoms with E-state index in [9.17, 15) is 10.2 Å². The monoisotopic (exact) mass is 188 g/mol.